The molecule has 0 radical (unpaired) electrons. The van der Waals surface area contributed by atoms with E-state index in [4.69, 9.17) is 16.2 Å². The second-order valence-corrected chi connectivity index (χ2v) is 2.83. The monoisotopic (exact) mass is 181 g/mol. The molecule has 1 heterocycles. The van der Waals surface area contributed by atoms with Gasteiger partial charge in [-0.2, -0.15) is 4.98 Å². The van der Waals surface area contributed by atoms with Crippen molar-refractivity contribution in [3.63, 3.8) is 0 Å². The van der Waals surface area contributed by atoms with Gasteiger partial charge in [-0.15, -0.1) is 0 Å². The molecular formula is C9H15N3O. The summed E-state index contributed by atoms with van der Waals surface area (Å²) >= 11 is 0. The van der Waals surface area contributed by atoms with Crippen molar-refractivity contribution in [2.24, 2.45) is 0 Å². The molecule has 4 heteroatoms. The quantitative estimate of drug-likeness (QED) is 0.689. The second-order valence-electron chi connectivity index (χ2n) is 2.83. The van der Waals surface area contributed by atoms with Crippen molar-refractivity contribution in [3.8, 4) is 5.88 Å². The summed E-state index contributed by atoms with van der Waals surface area (Å²) < 4.78 is 5.34. The number of aromatic nitrogens is 1. The molecule has 0 unspecified atom stereocenters. The first kappa shape index (κ1) is 9.64. The molecule has 4 nitrogen and oxygen atoms in total. The molecule has 13 heavy (non-hydrogen) atoms. The zero-order chi connectivity index (χ0) is 9.68. The van der Waals surface area contributed by atoms with Gasteiger partial charge in [-0.05, 0) is 12.5 Å². The Morgan fingerprint density at radius 1 is 1.38 bits per heavy atom. The van der Waals surface area contributed by atoms with Crippen molar-refractivity contribution in [3.05, 3.63) is 12.1 Å². The Labute approximate surface area is 77.9 Å². The molecular weight excluding hydrogens is 166 g/mol. The number of unbranched alkanes of at least 4 members (excludes halogenated alkanes) is 1. The van der Waals surface area contributed by atoms with Crippen LogP contribution in [0.3, 0.4) is 0 Å². The molecule has 0 aliphatic rings. The fraction of sp³-hybridized carbons (Fsp3) is 0.444. The van der Waals surface area contributed by atoms with Crippen LogP contribution in [0.2, 0.25) is 0 Å². The third-order valence-corrected chi connectivity index (χ3v) is 1.68. The van der Waals surface area contributed by atoms with Crippen LogP contribution < -0.4 is 16.2 Å². The number of pyridine rings is 1. The Bertz CT molecular complexity index is 276. The average molecular weight is 181 g/mol. The molecule has 0 saturated heterocycles. The van der Waals surface area contributed by atoms with Crippen LogP contribution in [-0.4, -0.2) is 11.6 Å². The Balaban J connectivity index is 2.53. The molecule has 0 amide bonds. The van der Waals surface area contributed by atoms with Gasteiger partial charge in [0.1, 0.15) is 0 Å². The number of nitrogens with zero attached hydrogens (tertiary/aromatic N) is 1. The maximum Gasteiger partial charge on any atom is 0.215 e. The van der Waals surface area contributed by atoms with Crippen molar-refractivity contribution >= 4 is 11.5 Å². The van der Waals surface area contributed by atoms with Crippen LogP contribution in [0.25, 0.3) is 0 Å². The number of ether oxygens (including phenoxy) is 1. The van der Waals surface area contributed by atoms with Crippen LogP contribution in [0.4, 0.5) is 11.5 Å². The van der Waals surface area contributed by atoms with E-state index in [-0.39, 0.29) is 0 Å². The molecule has 0 bridgehead atoms. The van der Waals surface area contributed by atoms with Gasteiger partial charge < -0.3 is 16.2 Å². The number of nitrogen functional groups attached to an aromatic ring is 2. The molecule has 4 N–H and O–H groups in total. The maximum absolute atomic E-state index is 5.51. The smallest absolute Gasteiger partial charge is 0.215 e. The zero-order valence-corrected chi connectivity index (χ0v) is 7.79. The first-order valence-electron chi connectivity index (χ1n) is 4.39. The summed E-state index contributed by atoms with van der Waals surface area (Å²) in [4.78, 5) is 3.98. The lowest BCUT2D eigenvalue weighted by Crippen LogP contribution is -2.02. The molecule has 0 aromatic carbocycles. The van der Waals surface area contributed by atoms with Gasteiger partial charge in [-0.25, -0.2) is 0 Å². The average Bonchev–Trinajstić information content (AvgIpc) is 2.12. The second kappa shape index (κ2) is 4.54. The van der Waals surface area contributed by atoms with Gasteiger partial charge in [-0.3, -0.25) is 0 Å². The van der Waals surface area contributed by atoms with Gasteiger partial charge in [-0.1, -0.05) is 13.3 Å². The summed E-state index contributed by atoms with van der Waals surface area (Å²) in [5, 5.41) is 0. The number of rotatable bonds is 4. The summed E-state index contributed by atoms with van der Waals surface area (Å²) in [5.41, 5.74) is 11.5. The Morgan fingerprint density at radius 3 is 2.77 bits per heavy atom. The van der Waals surface area contributed by atoms with Crippen molar-refractivity contribution in [2.75, 3.05) is 18.1 Å². The fourth-order valence-corrected chi connectivity index (χ4v) is 0.868. The standard InChI is InChI=1S/C9H15N3O/c1-2-3-6-13-8-5-4-7(10)9(11)12-8/h4-5H,2-3,6,10H2,1H3,(H2,11,12). The minimum atomic E-state index is 0.328. The van der Waals surface area contributed by atoms with Crippen molar-refractivity contribution < 1.29 is 4.74 Å². The van der Waals surface area contributed by atoms with E-state index < -0.39 is 0 Å². The minimum absolute atomic E-state index is 0.328. The van der Waals surface area contributed by atoms with Crippen LogP contribution in [0.5, 0.6) is 5.88 Å². The van der Waals surface area contributed by atoms with Crippen LogP contribution in [0.15, 0.2) is 12.1 Å². The highest BCUT2D eigenvalue weighted by molar-refractivity contribution is 5.58. The normalized spacial score (nSPS) is 9.92. The van der Waals surface area contributed by atoms with E-state index in [0.29, 0.717) is 24.0 Å². The van der Waals surface area contributed by atoms with Gasteiger partial charge in [0.2, 0.25) is 5.88 Å². The van der Waals surface area contributed by atoms with Gasteiger partial charge in [0.25, 0.3) is 0 Å². The predicted molar refractivity (Wildman–Crippen MR) is 53.5 cm³/mol. The van der Waals surface area contributed by atoms with E-state index in [2.05, 4.69) is 11.9 Å². The number of nitrogens with two attached hydrogens (primary N) is 2. The molecule has 1 aromatic rings. The SMILES string of the molecule is CCCCOc1ccc(N)c(N)n1. The number of anilines is 2. The first-order chi connectivity index (χ1) is 6.24. The van der Waals surface area contributed by atoms with Crippen LogP contribution in [0, 0.1) is 0 Å². The van der Waals surface area contributed by atoms with Crippen molar-refractivity contribution in [1.82, 2.24) is 4.98 Å². The highest BCUT2D eigenvalue weighted by atomic mass is 16.5. The minimum Gasteiger partial charge on any atom is -0.478 e. The van der Waals surface area contributed by atoms with E-state index in [0.717, 1.165) is 12.8 Å². The van der Waals surface area contributed by atoms with E-state index in [9.17, 15) is 0 Å². The van der Waals surface area contributed by atoms with Gasteiger partial charge in [0, 0.05) is 6.07 Å². The van der Waals surface area contributed by atoms with E-state index >= 15 is 0 Å². The van der Waals surface area contributed by atoms with E-state index in [1.807, 2.05) is 0 Å². The Morgan fingerprint density at radius 2 is 2.15 bits per heavy atom. The van der Waals surface area contributed by atoms with Crippen molar-refractivity contribution in [1.29, 1.82) is 0 Å². The summed E-state index contributed by atoms with van der Waals surface area (Å²) in [6, 6.07) is 3.42. The Hall–Kier alpha value is -1.45. The first-order valence-corrected chi connectivity index (χ1v) is 4.39. The molecule has 0 saturated carbocycles. The van der Waals surface area contributed by atoms with Gasteiger partial charge in [0.15, 0.2) is 5.82 Å². The highest BCUT2D eigenvalue weighted by Gasteiger charge is 1.98. The largest absolute Gasteiger partial charge is 0.478 e. The zero-order valence-electron chi connectivity index (χ0n) is 7.79. The van der Waals surface area contributed by atoms with Crippen LogP contribution in [0.1, 0.15) is 19.8 Å². The summed E-state index contributed by atoms with van der Waals surface area (Å²) in [6.07, 6.45) is 2.12. The fourth-order valence-electron chi connectivity index (χ4n) is 0.868. The topological polar surface area (TPSA) is 74.2 Å². The number of hydrogen-bond acceptors (Lipinski definition) is 4. The lowest BCUT2D eigenvalue weighted by Gasteiger charge is -2.05. The summed E-state index contributed by atoms with van der Waals surface area (Å²) in [6.45, 7) is 2.78. The highest BCUT2D eigenvalue weighted by Crippen LogP contribution is 2.16. The molecule has 0 fully saturated rings. The van der Waals surface area contributed by atoms with Gasteiger partial charge in [0.05, 0.1) is 12.3 Å². The summed E-state index contributed by atoms with van der Waals surface area (Å²) in [5.74, 6) is 0.870. The molecule has 0 aliphatic heterocycles. The van der Waals surface area contributed by atoms with Crippen LogP contribution in [-0.2, 0) is 0 Å². The molecule has 1 rings (SSSR count). The lowest BCUT2D eigenvalue weighted by molar-refractivity contribution is 0.298. The van der Waals surface area contributed by atoms with E-state index in [1.165, 1.54) is 0 Å². The third-order valence-electron chi connectivity index (χ3n) is 1.68. The maximum atomic E-state index is 5.51. The molecule has 0 atom stereocenters. The third kappa shape index (κ3) is 2.82. The molecule has 1 aromatic heterocycles. The predicted octanol–water partition coefficient (Wildman–Crippen LogP) is 1.42. The van der Waals surface area contributed by atoms with E-state index in [1.54, 1.807) is 12.1 Å². The number of hydrogen-bond donors (Lipinski definition) is 2. The van der Waals surface area contributed by atoms with Gasteiger partial charge >= 0.3 is 0 Å². The Kier molecular flexibility index (Phi) is 3.37. The van der Waals surface area contributed by atoms with Crippen molar-refractivity contribution in [2.45, 2.75) is 19.8 Å². The van der Waals surface area contributed by atoms with Crippen LogP contribution >= 0.6 is 0 Å². The lowest BCUT2D eigenvalue weighted by atomic mass is 10.3. The molecule has 0 aliphatic carbocycles. The summed E-state index contributed by atoms with van der Waals surface area (Å²) in [7, 11) is 0. The molecule has 0 spiro atoms. The molecule has 72 valence electrons.